The van der Waals surface area contributed by atoms with Gasteiger partial charge in [0.2, 0.25) is 11.8 Å². The number of hydrogen-bond donors (Lipinski definition) is 4. The highest BCUT2D eigenvalue weighted by Gasteiger charge is 2.29. The van der Waals surface area contributed by atoms with E-state index in [-0.39, 0.29) is 48.2 Å². The number of unbranched alkanes of at least 4 members (excludes halogenated alkanes) is 2. The van der Waals surface area contributed by atoms with Gasteiger partial charge in [0.15, 0.2) is 5.78 Å². The molecule has 334 valence electrons. The number of esters is 1. The van der Waals surface area contributed by atoms with Crippen LogP contribution in [0, 0.1) is 11.8 Å². The standard InChI is InChI=1S/C18H31BrN2O4.C18H30N4O4.C4H8O2.CH4/c1-18(2,3)25-17(24)20-11-7-6-10-14(15(22)12-19)21-16(23)13-8-4-5-9-13;1-18(2,3)26-17(25)20-11-7-6-10-14(15(23)12-21-19)22-16(24)13-8-4-5-9-13;1-3-6-4(2)5;/h13-14H,4-12H2,1-3H3,(H,20,24)(H,21,23);12-14H,4-11H2,1-3H3,(H,20,25)(H,22,24);3H2,1-2H3;1H4/t2*14-;;/m11../s1. The summed E-state index contributed by atoms with van der Waals surface area (Å²) in [6.45, 7) is 15.4. The van der Waals surface area contributed by atoms with Gasteiger partial charge in [-0.3, -0.25) is 24.0 Å². The number of alkyl carbamates (subject to hydrolysis) is 2. The van der Waals surface area contributed by atoms with Crippen LogP contribution in [0.5, 0.6) is 0 Å². The van der Waals surface area contributed by atoms with Gasteiger partial charge in [0.1, 0.15) is 11.2 Å². The first-order valence-corrected chi connectivity index (χ1v) is 21.3. The van der Waals surface area contributed by atoms with Crippen LogP contribution in [0.3, 0.4) is 0 Å². The van der Waals surface area contributed by atoms with Crippen LogP contribution in [0.4, 0.5) is 9.59 Å². The molecule has 2 atom stereocenters. The SMILES string of the molecule is C.CC(C)(C)OC(=O)NCCCC[C@@H](NC(=O)C1CCCC1)C(=O)C=[N+]=[N-].CC(C)(C)OC(=O)NCCCC[C@@H](NC(=O)C1CCCC1)C(=O)CBr.CCOC(C)=O. The Bertz CT molecular complexity index is 1310. The zero-order valence-electron chi connectivity index (χ0n) is 35.5. The third-order valence-corrected chi connectivity index (χ3v) is 9.21. The first kappa shape index (κ1) is 56.2. The van der Waals surface area contributed by atoms with Crippen LogP contribution in [-0.2, 0) is 38.2 Å². The van der Waals surface area contributed by atoms with Crippen molar-refractivity contribution in [1.82, 2.24) is 21.3 Å². The fourth-order valence-electron chi connectivity index (χ4n) is 5.95. The zero-order chi connectivity index (χ0) is 43.4. The Labute approximate surface area is 354 Å². The molecule has 2 fully saturated rings. The summed E-state index contributed by atoms with van der Waals surface area (Å²) < 4.78 is 14.7. The maximum atomic E-state index is 12.2. The van der Waals surface area contributed by atoms with E-state index < -0.39 is 41.3 Å². The molecule has 0 unspecified atom stereocenters. The molecule has 4 amide bonds. The van der Waals surface area contributed by atoms with E-state index in [1.54, 1.807) is 27.7 Å². The number of hydrogen-bond acceptors (Lipinski definition) is 10. The fraction of sp³-hybridized carbons (Fsp3) is 0.805. The number of ether oxygens (including phenoxy) is 3. The summed E-state index contributed by atoms with van der Waals surface area (Å²) in [5, 5.41) is 11.3. The number of halogens is 1. The summed E-state index contributed by atoms with van der Waals surface area (Å²) in [5.74, 6) is -0.740. The monoisotopic (exact) mass is 888 g/mol. The highest BCUT2D eigenvalue weighted by atomic mass is 79.9. The normalized spacial score (nSPS) is 14.8. The highest BCUT2D eigenvalue weighted by Crippen LogP contribution is 2.26. The van der Waals surface area contributed by atoms with Gasteiger partial charge in [-0.1, -0.05) is 49.0 Å². The Morgan fingerprint density at radius 3 is 1.45 bits per heavy atom. The first-order valence-electron chi connectivity index (χ1n) is 20.2. The summed E-state index contributed by atoms with van der Waals surface area (Å²) in [4.78, 5) is 84.2. The smallest absolute Gasteiger partial charge is 0.407 e. The highest BCUT2D eigenvalue weighted by molar-refractivity contribution is 9.09. The summed E-state index contributed by atoms with van der Waals surface area (Å²) in [5.41, 5.74) is 7.51. The number of alkyl halides is 1. The lowest BCUT2D eigenvalue weighted by atomic mass is 10.0. The molecule has 2 rings (SSSR count). The van der Waals surface area contributed by atoms with Crippen molar-refractivity contribution in [3.63, 3.8) is 0 Å². The van der Waals surface area contributed by atoms with Crippen LogP contribution >= 0.6 is 15.9 Å². The third-order valence-electron chi connectivity index (χ3n) is 8.66. The van der Waals surface area contributed by atoms with Crippen molar-refractivity contribution in [3.8, 4) is 0 Å². The minimum absolute atomic E-state index is 0. The first-order chi connectivity index (χ1) is 26.7. The number of nitrogens with zero attached hydrogens (tertiary/aromatic N) is 2. The molecule has 17 heteroatoms. The van der Waals surface area contributed by atoms with E-state index in [0.717, 1.165) is 70.4 Å². The lowest BCUT2D eigenvalue weighted by Gasteiger charge is -2.20. The predicted octanol–water partition coefficient (Wildman–Crippen LogP) is 6.75. The number of rotatable bonds is 19. The van der Waals surface area contributed by atoms with Crippen molar-refractivity contribution < 1.29 is 52.6 Å². The molecule has 0 aliphatic heterocycles. The summed E-state index contributed by atoms with van der Waals surface area (Å²) in [6.07, 6.45) is 11.4. The summed E-state index contributed by atoms with van der Waals surface area (Å²) in [7, 11) is 0. The molecule has 16 nitrogen and oxygen atoms in total. The quantitative estimate of drug-likeness (QED) is 0.0203. The Morgan fingerprint density at radius 1 is 0.724 bits per heavy atom. The molecule has 0 radical (unpaired) electrons. The van der Waals surface area contributed by atoms with Gasteiger partial charge in [-0.05, 0) is 113 Å². The number of carbonyl (C=O) groups excluding carboxylic acids is 7. The van der Waals surface area contributed by atoms with Gasteiger partial charge in [0.05, 0.1) is 24.0 Å². The topological polar surface area (TPSA) is 232 Å². The van der Waals surface area contributed by atoms with Crippen molar-refractivity contribution in [2.75, 3.05) is 25.0 Å². The molecule has 0 aromatic heterocycles. The molecule has 0 saturated heterocycles. The molecule has 0 aromatic carbocycles. The molecule has 2 aliphatic carbocycles. The number of Topliss-reactive ketones (excluding diaryl/α,β-unsaturated/α-hetero) is 2. The van der Waals surface area contributed by atoms with E-state index in [1.807, 2.05) is 20.8 Å². The molecular formula is C41H73BrN6O10. The van der Waals surface area contributed by atoms with Gasteiger partial charge in [0, 0.05) is 31.8 Å². The number of carbonyl (C=O) groups is 7. The average Bonchev–Trinajstić information content (AvgIpc) is 3.85. The van der Waals surface area contributed by atoms with Crippen LogP contribution in [0.1, 0.15) is 153 Å². The second-order valence-electron chi connectivity index (χ2n) is 16.1. The molecule has 4 N–H and O–H groups in total. The van der Waals surface area contributed by atoms with Crippen LogP contribution < -0.4 is 21.3 Å². The van der Waals surface area contributed by atoms with Crippen LogP contribution in [0.25, 0.3) is 5.53 Å². The van der Waals surface area contributed by atoms with E-state index in [0.29, 0.717) is 45.4 Å². The van der Waals surface area contributed by atoms with Gasteiger partial charge >= 0.3 is 24.4 Å². The molecular weight excluding hydrogens is 816 g/mol. The fourth-order valence-corrected chi connectivity index (χ4v) is 6.34. The maximum absolute atomic E-state index is 12.2. The van der Waals surface area contributed by atoms with Gasteiger partial charge in [0.25, 0.3) is 5.78 Å². The van der Waals surface area contributed by atoms with Crippen LogP contribution in [-0.4, -0.2) is 101 Å². The van der Waals surface area contributed by atoms with E-state index in [2.05, 4.69) is 46.7 Å². The maximum Gasteiger partial charge on any atom is 0.407 e. The van der Waals surface area contributed by atoms with E-state index in [9.17, 15) is 33.6 Å². The number of amides is 4. The molecule has 0 heterocycles. The molecule has 58 heavy (non-hydrogen) atoms. The van der Waals surface area contributed by atoms with Crippen molar-refractivity contribution >= 4 is 63.7 Å². The molecule has 2 saturated carbocycles. The zero-order valence-corrected chi connectivity index (χ0v) is 37.1. The Kier molecular flexibility index (Phi) is 30.2. The van der Waals surface area contributed by atoms with Gasteiger partial charge in [-0.2, -0.15) is 4.79 Å². The Balaban J connectivity index is 0. The Hall–Kier alpha value is -3.85. The van der Waals surface area contributed by atoms with E-state index in [4.69, 9.17) is 15.0 Å². The summed E-state index contributed by atoms with van der Waals surface area (Å²) in [6, 6.07) is -1.16. The van der Waals surface area contributed by atoms with Crippen molar-refractivity contribution in [1.29, 1.82) is 0 Å². The molecule has 0 aromatic rings. The minimum atomic E-state index is -0.708. The molecule has 2 aliphatic rings. The lowest BCUT2D eigenvalue weighted by molar-refractivity contribution is -0.140. The molecule has 0 bridgehead atoms. The predicted molar refractivity (Wildman–Crippen MR) is 226 cm³/mol. The van der Waals surface area contributed by atoms with E-state index in [1.165, 1.54) is 6.92 Å². The van der Waals surface area contributed by atoms with E-state index >= 15 is 0 Å². The largest absolute Gasteiger partial charge is 0.466 e. The second kappa shape index (κ2) is 31.1. The lowest BCUT2D eigenvalue weighted by Crippen LogP contribution is -2.44. The third kappa shape index (κ3) is 29.4. The van der Waals surface area contributed by atoms with Crippen molar-refractivity contribution in [3.05, 3.63) is 5.53 Å². The van der Waals surface area contributed by atoms with Gasteiger partial charge < -0.3 is 41.0 Å². The van der Waals surface area contributed by atoms with Crippen molar-refractivity contribution in [2.24, 2.45) is 11.8 Å². The molecule has 0 spiro atoms. The van der Waals surface area contributed by atoms with Crippen molar-refractivity contribution in [2.45, 2.75) is 176 Å². The van der Waals surface area contributed by atoms with Gasteiger partial charge in [-0.25, -0.2) is 9.59 Å². The van der Waals surface area contributed by atoms with Crippen LogP contribution in [0.2, 0.25) is 0 Å². The summed E-state index contributed by atoms with van der Waals surface area (Å²) >= 11 is 3.18. The number of nitrogens with one attached hydrogen (secondary N) is 4. The Morgan fingerprint density at radius 2 is 1.12 bits per heavy atom. The number of ketones is 2. The second-order valence-corrected chi connectivity index (χ2v) is 16.7. The average molecular weight is 890 g/mol. The van der Waals surface area contributed by atoms with Crippen LogP contribution in [0.15, 0.2) is 0 Å². The minimum Gasteiger partial charge on any atom is -0.466 e. The van der Waals surface area contributed by atoms with Gasteiger partial charge in [-0.15, -0.1) is 0 Å².